The van der Waals surface area contributed by atoms with E-state index >= 15 is 0 Å². The van der Waals surface area contributed by atoms with Crippen LogP contribution in [0, 0.1) is 29.1 Å². The molecular formula is C12H5F5O. The highest BCUT2D eigenvalue weighted by Crippen LogP contribution is 2.30. The van der Waals surface area contributed by atoms with Crippen molar-refractivity contribution in [1.29, 1.82) is 0 Å². The van der Waals surface area contributed by atoms with E-state index in [1.54, 1.807) is 0 Å². The molecule has 6 heteroatoms. The molecule has 0 radical (unpaired) electrons. The van der Waals surface area contributed by atoms with Crippen molar-refractivity contribution in [3.63, 3.8) is 0 Å². The van der Waals surface area contributed by atoms with Crippen LogP contribution in [-0.4, -0.2) is 0 Å². The van der Waals surface area contributed by atoms with Crippen LogP contribution in [0.25, 0.3) is 0 Å². The van der Waals surface area contributed by atoms with E-state index in [4.69, 9.17) is 0 Å². The monoisotopic (exact) mass is 260 g/mol. The molecule has 0 aromatic heterocycles. The molecule has 18 heavy (non-hydrogen) atoms. The molecule has 0 aliphatic carbocycles. The third-order valence-corrected chi connectivity index (χ3v) is 2.09. The number of hydrogen-bond donors (Lipinski definition) is 0. The summed E-state index contributed by atoms with van der Waals surface area (Å²) in [4.78, 5) is 0. The Balaban J connectivity index is 2.46. The zero-order valence-corrected chi connectivity index (χ0v) is 8.68. The van der Waals surface area contributed by atoms with Crippen molar-refractivity contribution in [2.75, 3.05) is 0 Å². The first-order valence-corrected chi connectivity index (χ1v) is 4.75. The second-order valence-electron chi connectivity index (χ2n) is 3.36. The summed E-state index contributed by atoms with van der Waals surface area (Å²) in [5.41, 5.74) is 0. The van der Waals surface area contributed by atoms with E-state index in [2.05, 4.69) is 4.74 Å². The molecule has 0 aliphatic rings. The average Bonchev–Trinajstić information content (AvgIpc) is 2.32. The van der Waals surface area contributed by atoms with E-state index in [9.17, 15) is 22.0 Å². The fourth-order valence-electron chi connectivity index (χ4n) is 1.29. The maximum absolute atomic E-state index is 13.2. The predicted molar refractivity (Wildman–Crippen MR) is 52.7 cm³/mol. The van der Waals surface area contributed by atoms with Gasteiger partial charge in [0.15, 0.2) is 11.6 Å². The van der Waals surface area contributed by atoms with Crippen LogP contribution >= 0.6 is 0 Å². The SMILES string of the molecule is Fc1cccc(Oc2c(F)c(F)cc(F)c2F)c1. The van der Waals surface area contributed by atoms with Gasteiger partial charge in [-0.15, -0.1) is 0 Å². The van der Waals surface area contributed by atoms with Gasteiger partial charge in [0.25, 0.3) is 0 Å². The van der Waals surface area contributed by atoms with Crippen LogP contribution in [-0.2, 0) is 0 Å². The van der Waals surface area contributed by atoms with Crippen molar-refractivity contribution in [2.24, 2.45) is 0 Å². The normalized spacial score (nSPS) is 10.5. The van der Waals surface area contributed by atoms with Crippen molar-refractivity contribution >= 4 is 0 Å². The van der Waals surface area contributed by atoms with Gasteiger partial charge in [0, 0.05) is 12.1 Å². The molecule has 94 valence electrons. The quantitative estimate of drug-likeness (QED) is 0.581. The molecule has 0 spiro atoms. The van der Waals surface area contributed by atoms with Gasteiger partial charge < -0.3 is 4.74 Å². The molecule has 1 nitrogen and oxygen atoms in total. The molecule has 2 aromatic carbocycles. The lowest BCUT2D eigenvalue weighted by molar-refractivity contribution is 0.365. The summed E-state index contributed by atoms with van der Waals surface area (Å²) in [6, 6.07) is 4.36. The van der Waals surface area contributed by atoms with Crippen LogP contribution in [0.1, 0.15) is 0 Å². The minimum Gasteiger partial charge on any atom is -0.451 e. The van der Waals surface area contributed by atoms with E-state index in [0.717, 1.165) is 12.1 Å². The van der Waals surface area contributed by atoms with Gasteiger partial charge in [-0.1, -0.05) is 6.07 Å². The number of hydrogen-bond acceptors (Lipinski definition) is 1. The minimum atomic E-state index is -1.68. The number of ether oxygens (including phenoxy) is 1. The van der Waals surface area contributed by atoms with Crippen molar-refractivity contribution in [3.8, 4) is 11.5 Å². The number of halogens is 5. The highest BCUT2D eigenvalue weighted by Gasteiger charge is 2.21. The fourth-order valence-corrected chi connectivity index (χ4v) is 1.29. The topological polar surface area (TPSA) is 9.23 Å². The summed E-state index contributed by atoms with van der Waals surface area (Å²) in [7, 11) is 0. The van der Waals surface area contributed by atoms with E-state index in [-0.39, 0.29) is 11.8 Å². The third kappa shape index (κ3) is 2.27. The van der Waals surface area contributed by atoms with E-state index < -0.39 is 34.8 Å². The summed E-state index contributed by atoms with van der Waals surface area (Å²) in [5, 5.41) is 0. The lowest BCUT2D eigenvalue weighted by atomic mass is 10.3. The largest absolute Gasteiger partial charge is 0.451 e. The highest BCUT2D eigenvalue weighted by molar-refractivity contribution is 5.34. The first-order valence-electron chi connectivity index (χ1n) is 4.75. The van der Waals surface area contributed by atoms with Crippen LogP contribution in [0.2, 0.25) is 0 Å². The van der Waals surface area contributed by atoms with Gasteiger partial charge in [-0.3, -0.25) is 0 Å². The van der Waals surface area contributed by atoms with Crippen LogP contribution in [0.5, 0.6) is 11.5 Å². The van der Waals surface area contributed by atoms with Crippen molar-refractivity contribution in [2.45, 2.75) is 0 Å². The van der Waals surface area contributed by atoms with Crippen LogP contribution in [0.15, 0.2) is 30.3 Å². The summed E-state index contributed by atoms with van der Waals surface area (Å²) in [6.07, 6.45) is 0. The van der Waals surface area contributed by atoms with Crippen molar-refractivity contribution in [1.82, 2.24) is 0 Å². The molecule has 0 unspecified atom stereocenters. The Morgan fingerprint density at radius 1 is 0.778 bits per heavy atom. The Morgan fingerprint density at radius 3 is 1.94 bits per heavy atom. The van der Waals surface area contributed by atoms with Gasteiger partial charge in [0.1, 0.15) is 11.6 Å². The lowest BCUT2D eigenvalue weighted by Gasteiger charge is -2.08. The first kappa shape index (κ1) is 12.3. The Kier molecular flexibility index (Phi) is 3.18. The van der Waals surface area contributed by atoms with E-state index in [1.807, 2.05) is 0 Å². The maximum Gasteiger partial charge on any atom is 0.204 e. The van der Waals surface area contributed by atoms with E-state index in [0.29, 0.717) is 0 Å². The molecule has 2 rings (SSSR count). The number of rotatable bonds is 2. The van der Waals surface area contributed by atoms with Gasteiger partial charge in [0.05, 0.1) is 0 Å². The van der Waals surface area contributed by atoms with Crippen molar-refractivity contribution < 1.29 is 26.7 Å². The molecule has 0 saturated carbocycles. The molecule has 2 aromatic rings. The molecule has 0 heterocycles. The minimum absolute atomic E-state index is 0.0586. The van der Waals surface area contributed by atoms with Crippen LogP contribution in [0.3, 0.4) is 0 Å². The first-order chi connectivity index (χ1) is 8.49. The van der Waals surface area contributed by atoms with Crippen LogP contribution in [0.4, 0.5) is 22.0 Å². The molecule has 0 fully saturated rings. The van der Waals surface area contributed by atoms with Gasteiger partial charge in [0.2, 0.25) is 17.4 Å². The Labute approximate surface area is 98.4 Å². The predicted octanol–water partition coefficient (Wildman–Crippen LogP) is 4.17. The Bertz CT molecular complexity index is 571. The van der Waals surface area contributed by atoms with Gasteiger partial charge in [-0.25, -0.2) is 13.2 Å². The highest BCUT2D eigenvalue weighted by atomic mass is 19.2. The van der Waals surface area contributed by atoms with Gasteiger partial charge >= 0.3 is 0 Å². The second kappa shape index (κ2) is 4.64. The summed E-state index contributed by atoms with van der Waals surface area (Å²) in [6.45, 7) is 0. The van der Waals surface area contributed by atoms with Crippen LogP contribution < -0.4 is 4.74 Å². The molecule has 0 bridgehead atoms. The number of benzene rings is 2. The molecule has 0 aliphatic heterocycles. The van der Waals surface area contributed by atoms with Gasteiger partial charge in [-0.05, 0) is 12.1 Å². The molecule has 0 saturated heterocycles. The zero-order valence-electron chi connectivity index (χ0n) is 8.68. The summed E-state index contributed by atoms with van der Waals surface area (Å²) < 4.78 is 69.6. The smallest absolute Gasteiger partial charge is 0.204 e. The Hall–Kier alpha value is -2.11. The molecule has 0 amide bonds. The third-order valence-electron chi connectivity index (χ3n) is 2.09. The standard InChI is InChI=1S/C12H5F5O/c13-6-2-1-3-7(4-6)18-12-10(16)8(14)5-9(15)11(12)17/h1-5H. The van der Waals surface area contributed by atoms with Gasteiger partial charge in [-0.2, -0.15) is 8.78 Å². The van der Waals surface area contributed by atoms with E-state index in [1.165, 1.54) is 12.1 Å². The Morgan fingerprint density at radius 2 is 1.39 bits per heavy atom. The molecule has 0 N–H and O–H groups in total. The fraction of sp³-hybridized carbons (Fsp3) is 0. The van der Waals surface area contributed by atoms with Crippen molar-refractivity contribution in [3.05, 3.63) is 59.4 Å². The second-order valence-corrected chi connectivity index (χ2v) is 3.36. The lowest BCUT2D eigenvalue weighted by Crippen LogP contribution is -1.99. The zero-order chi connectivity index (χ0) is 13.3. The summed E-state index contributed by atoms with van der Waals surface area (Å²) in [5.74, 6) is -8.81. The average molecular weight is 260 g/mol. The maximum atomic E-state index is 13.2. The molecular weight excluding hydrogens is 255 g/mol. The summed E-state index contributed by atoms with van der Waals surface area (Å²) >= 11 is 0. The molecule has 0 atom stereocenters.